The fraction of sp³-hybridized carbons (Fsp3) is 0.905. The van der Waals surface area contributed by atoms with Crippen LogP contribution < -0.4 is 5.32 Å². The second kappa shape index (κ2) is 15.0. The summed E-state index contributed by atoms with van der Waals surface area (Å²) in [7, 11) is 0. The van der Waals surface area contributed by atoms with E-state index in [0.29, 0.717) is 31.7 Å². The maximum absolute atomic E-state index is 12.6. The zero-order valence-electron chi connectivity index (χ0n) is 17.0. The Morgan fingerprint density at radius 1 is 0.852 bits per heavy atom. The molecule has 1 N–H and O–H groups in total. The molecule has 0 atom stereocenters. The number of esters is 1. The number of carbonyl (C=O) groups excluding carboxylic acids is 2. The maximum Gasteiger partial charge on any atom is 0.408 e. The summed E-state index contributed by atoms with van der Waals surface area (Å²) < 4.78 is 10.6. The van der Waals surface area contributed by atoms with Crippen LogP contribution in [0.15, 0.2) is 0 Å². The van der Waals surface area contributed by atoms with E-state index >= 15 is 0 Å². The summed E-state index contributed by atoms with van der Waals surface area (Å²) in [6, 6.07) is 0. The van der Waals surface area contributed by atoms with E-state index in [9.17, 15) is 9.59 Å². The average molecular weight is 404 g/mol. The molecule has 1 amide bonds. The zero-order valence-corrected chi connectivity index (χ0v) is 17.8. The molecule has 0 heterocycles. The van der Waals surface area contributed by atoms with E-state index in [1.54, 1.807) is 0 Å². The highest BCUT2D eigenvalue weighted by Crippen LogP contribution is 2.31. The molecule has 1 saturated carbocycles. The van der Waals surface area contributed by atoms with Gasteiger partial charge in [0.1, 0.15) is 5.54 Å². The molecule has 0 saturated heterocycles. The molecular weight excluding hydrogens is 366 g/mol. The Morgan fingerprint density at radius 3 is 2.00 bits per heavy atom. The minimum Gasteiger partial charge on any atom is -0.464 e. The second-order valence-corrected chi connectivity index (χ2v) is 7.93. The number of hydrogen-bond donors (Lipinski definition) is 1. The molecule has 0 aromatic heterocycles. The number of halogens is 1. The van der Waals surface area contributed by atoms with Crippen LogP contribution in [0.25, 0.3) is 0 Å². The molecule has 158 valence electrons. The Morgan fingerprint density at radius 2 is 1.41 bits per heavy atom. The summed E-state index contributed by atoms with van der Waals surface area (Å²) in [5.41, 5.74) is -0.905. The molecule has 0 aromatic carbocycles. The maximum atomic E-state index is 12.6. The Bertz CT molecular complexity index is 411. The molecule has 0 bridgehead atoms. The number of amides is 1. The van der Waals surface area contributed by atoms with Crippen LogP contribution in [0.3, 0.4) is 0 Å². The van der Waals surface area contributed by atoms with Crippen molar-refractivity contribution in [2.75, 3.05) is 19.1 Å². The van der Waals surface area contributed by atoms with Crippen LogP contribution in [-0.2, 0) is 14.3 Å². The Labute approximate surface area is 169 Å². The van der Waals surface area contributed by atoms with Crippen molar-refractivity contribution in [1.29, 1.82) is 0 Å². The molecule has 0 unspecified atom stereocenters. The lowest BCUT2D eigenvalue weighted by Gasteiger charge is -2.27. The number of unbranched alkanes of at least 4 members (excludes halogenated alkanes) is 8. The van der Waals surface area contributed by atoms with Crippen LogP contribution in [0.1, 0.15) is 96.8 Å². The number of ether oxygens (including phenoxy) is 2. The largest absolute Gasteiger partial charge is 0.464 e. The molecule has 1 aliphatic rings. The molecule has 5 nitrogen and oxygen atoms in total. The van der Waals surface area contributed by atoms with E-state index < -0.39 is 11.6 Å². The van der Waals surface area contributed by atoms with Gasteiger partial charge < -0.3 is 14.8 Å². The van der Waals surface area contributed by atoms with Crippen LogP contribution in [-0.4, -0.2) is 36.7 Å². The minimum absolute atomic E-state index is 0.263. The van der Waals surface area contributed by atoms with E-state index in [4.69, 9.17) is 21.1 Å². The lowest BCUT2D eigenvalue weighted by molar-refractivity contribution is -0.151. The Kier molecular flexibility index (Phi) is 13.4. The SMILES string of the molecule is CCCCCCCCCCCOC(=O)C1(NC(=O)OCCCCl)CCCC1. The third-order valence-electron chi connectivity index (χ3n) is 5.18. The normalized spacial score (nSPS) is 15.5. The van der Waals surface area contributed by atoms with Gasteiger partial charge in [0, 0.05) is 5.88 Å². The van der Waals surface area contributed by atoms with Crippen molar-refractivity contribution in [3.8, 4) is 0 Å². The van der Waals surface area contributed by atoms with Crippen molar-refractivity contribution in [2.45, 2.75) is 102 Å². The van der Waals surface area contributed by atoms with E-state index in [0.717, 1.165) is 25.7 Å². The molecule has 0 radical (unpaired) electrons. The van der Waals surface area contributed by atoms with Gasteiger partial charge in [-0.2, -0.15) is 0 Å². The van der Waals surface area contributed by atoms with Crippen LogP contribution in [0.5, 0.6) is 0 Å². The molecule has 1 fully saturated rings. The quantitative estimate of drug-likeness (QED) is 0.215. The standard InChI is InChI=1S/C21H38ClNO4/c1-2-3-4-5-6-7-8-9-12-17-26-19(24)21(14-10-11-15-21)23-20(25)27-18-13-16-22/h2-18H2,1H3,(H,23,25). The molecule has 0 spiro atoms. The van der Waals surface area contributed by atoms with Gasteiger partial charge in [0.05, 0.1) is 13.2 Å². The number of alkyl halides is 1. The first-order chi connectivity index (χ1) is 13.1. The van der Waals surface area contributed by atoms with Gasteiger partial charge in [-0.05, 0) is 25.7 Å². The van der Waals surface area contributed by atoms with Crippen LogP contribution in [0, 0.1) is 0 Å². The van der Waals surface area contributed by atoms with Gasteiger partial charge in [0.15, 0.2) is 0 Å². The Balaban J connectivity index is 2.18. The average Bonchev–Trinajstić information content (AvgIpc) is 3.13. The number of nitrogens with one attached hydrogen (secondary N) is 1. The van der Waals surface area contributed by atoms with Crippen molar-refractivity contribution < 1.29 is 19.1 Å². The second-order valence-electron chi connectivity index (χ2n) is 7.56. The molecule has 0 aromatic rings. The zero-order chi connectivity index (χ0) is 19.8. The number of hydrogen-bond acceptors (Lipinski definition) is 4. The van der Waals surface area contributed by atoms with Crippen LogP contribution in [0.4, 0.5) is 4.79 Å². The first-order valence-corrected chi connectivity index (χ1v) is 11.4. The van der Waals surface area contributed by atoms with Gasteiger partial charge in [-0.3, -0.25) is 0 Å². The molecular formula is C21H38ClNO4. The molecule has 0 aliphatic heterocycles. The summed E-state index contributed by atoms with van der Waals surface area (Å²) in [5.74, 6) is 0.132. The minimum atomic E-state index is -0.905. The molecule has 6 heteroatoms. The van der Waals surface area contributed by atoms with E-state index in [-0.39, 0.29) is 12.6 Å². The van der Waals surface area contributed by atoms with Crippen molar-refractivity contribution in [3.05, 3.63) is 0 Å². The highest BCUT2D eigenvalue weighted by Gasteiger charge is 2.44. The van der Waals surface area contributed by atoms with Gasteiger partial charge in [-0.1, -0.05) is 71.1 Å². The van der Waals surface area contributed by atoms with Crippen molar-refractivity contribution >= 4 is 23.7 Å². The highest BCUT2D eigenvalue weighted by molar-refractivity contribution is 6.17. The van der Waals surface area contributed by atoms with Gasteiger partial charge in [-0.15, -0.1) is 11.6 Å². The van der Waals surface area contributed by atoms with Gasteiger partial charge in [0.2, 0.25) is 0 Å². The van der Waals surface area contributed by atoms with E-state index in [1.807, 2.05) is 0 Å². The monoisotopic (exact) mass is 403 g/mol. The summed E-state index contributed by atoms with van der Waals surface area (Å²) in [5, 5.41) is 2.76. The van der Waals surface area contributed by atoms with Crippen molar-refractivity contribution in [1.82, 2.24) is 5.32 Å². The third-order valence-corrected chi connectivity index (χ3v) is 5.45. The Hall–Kier alpha value is -0.970. The van der Waals surface area contributed by atoms with E-state index in [1.165, 1.54) is 44.9 Å². The van der Waals surface area contributed by atoms with Crippen LogP contribution in [0.2, 0.25) is 0 Å². The first kappa shape index (κ1) is 24.1. The summed E-state index contributed by atoms with van der Waals surface area (Å²) in [6.45, 7) is 2.93. The predicted octanol–water partition coefficient (Wildman–Crippen LogP) is 5.73. The predicted molar refractivity (Wildman–Crippen MR) is 109 cm³/mol. The fourth-order valence-corrected chi connectivity index (χ4v) is 3.63. The van der Waals surface area contributed by atoms with Gasteiger partial charge >= 0.3 is 12.1 Å². The summed E-state index contributed by atoms with van der Waals surface area (Å²) in [4.78, 5) is 24.5. The molecule has 1 rings (SSSR count). The summed E-state index contributed by atoms with van der Waals surface area (Å²) >= 11 is 5.58. The number of alkyl carbamates (subject to hydrolysis) is 1. The lowest BCUT2D eigenvalue weighted by Crippen LogP contribution is -2.53. The smallest absolute Gasteiger partial charge is 0.408 e. The fourth-order valence-electron chi connectivity index (χ4n) is 3.53. The number of rotatable bonds is 15. The lowest BCUT2D eigenvalue weighted by atomic mass is 9.98. The highest BCUT2D eigenvalue weighted by atomic mass is 35.5. The van der Waals surface area contributed by atoms with E-state index in [2.05, 4.69) is 12.2 Å². The third kappa shape index (κ3) is 10.2. The topological polar surface area (TPSA) is 64.6 Å². The van der Waals surface area contributed by atoms with Gasteiger partial charge in [0.25, 0.3) is 0 Å². The van der Waals surface area contributed by atoms with Crippen LogP contribution >= 0.6 is 11.6 Å². The number of carbonyl (C=O) groups is 2. The van der Waals surface area contributed by atoms with Crippen molar-refractivity contribution in [3.63, 3.8) is 0 Å². The summed E-state index contributed by atoms with van der Waals surface area (Å²) in [6.07, 6.45) is 14.1. The van der Waals surface area contributed by atoms with Gasteiger partial charge in [-0.25, -0.2) is 9.59 Å². The molecule has 1 aliphatic carbocycles. The molecule has 27 heavy (non-hydrogen) atoms. The van der Waals surface area contributed by atoms with Crippen molar-refractivity contribution in [2.24, 2.45) is 0 Å². The first-order valence-electron chi connectivity index (χ1n) is 10.8.